The van der Waals surface area contributed by atoms with Gasteiger partial charge in [0.15, 0.2) is 24.2 Å². The van der Waals surface area contributed by atoms with E-state index in [4.69, 9.17) is 24.2 Å². The van der Waals surface area contributed by atoms with Crippen molar-refractivity contribution < 1.29 is 28.5 Å². The molecule has 0 aliphatic carbocycles. The highest BCUT2D eigenvalue weighted by Gasteiger charge is 2.24. The molecule has 2 rings (SSSR count). The van der Waals surface area contributed by atoms with Crippen LogP contribution in [0.1, 0.15) is 12.5 Å². The van der Waals surface area contributed by atoms with Gasteiger partial charge >= 0.3 is 5.97 Å². The fraction of sp³-hybridized carbons (Fsp3) is 0.421. The van der Waals surface area contributed by atoms with Crippen molar-refractivity contribution >= 4 is 18.0 Å². The minimum Gasteiger partial charge on any atom is -0.493 e. The van der Waals surface area contributed by atoms with Crippen LogP contribution < -0.4 is 9.47 Å². The number of amides is 1. The number of hydrogen-bond acceptors (Lipinski definition) is 7. The topological polar surface area (TPSA) is 98.1 Å². The first-order valence-corrected chi connectivity index (χ1v) is 8.48. The van der Waals surface area contributed by atoms with Gasteiger partial charge in [0.05, 0.1) is 20.3 Å². The monoisotopic (exact) mass is 374 g/mol. The summed E-state index contributed by atoms with van der Waals surface area (Å²) in [6, 6.07) is 6.90. The van der Waals surface area contributed by atoms with Gasteiger partial charge in [-0.1, -0.05) is 6.07 Å². The van der Waals surface area contributed by atoms with Gasteiger partial charge in [0, 0.05) is 19.2 Å². The zero-order chi connectivity index (χ0) is 19.6. The Labute approximate surface area is 157 Å². The van der Waals surface area contributed by atoms with Crippen LogP contribution >= 0.6 is 0 Å². The number of carbonyl (C=O) groups is 2. The van der Waals surface area contributed by atoms with Gasteiger partial charge in [-0.15, -0.1) is 0 Å². The molecule has 1 heterocycles. The molecule has 0 N–H and O–H groups in total. The molecular weight excluding hydrogens is 352 g/mol. The van der Waals surface area contributed by atoms with E-state index in [1.165, 1.54) is 13.2 Å². The predicted molar refractivity (Wildman–Crippen MR) is 96.1 cm³/mol. The molecule has 1 atom stereocenters. The fourth-order valence-corrected chi connectivity index (χ4v) is 2.49. The number of esters is 1. The summed E-state index contributed by atoms with van der Waals surface area (Å²) in [6.07, 6.45) is 1.93. The Morgan fingerprint density at radius 3 is 2.74 bits per heavy atom. The van der Waals surface area contributed by atoms with Crippen molar-refractivity contribution in [1.29, 1.82) is 5.26 Å². The lowest BCUT2D eigenvalue weighted by atomic mass is 10.2. The molecule has 0 saturated carbocycles. The molecule has 0 bridgehead atoms. The Morgan fingerprint density at radius 2 is 2.07 bits per heavy atom. The number of benzene rings is 1. The van der Waals surface area contributed by atoms with Crippen LogP contribution in [0.4, 0.5) is 0 Å². The molecule has 1 unspecified atom stereocenters. The first-order chi connectivity index (χ1) is 13.0. The average molecular weight is 374 g/mol. The molecule has 1 aliphatic rings. The highest BCUT2D eigenvalue weighted by atomic mass is 16.5. The van der Waals surface area contributed by atoms with Crippen molar-refractivity contribution in [3.8, 4) is 17.6 Å². The number of ether oxygens (including phenoxy) is 4. The number of methoxy groups -OCH3 is 1. The van der Waals surface area contributed by atoms with Crippen LogP contribution in [0.3, 0.4) is 0 Å². The summed E-state index contributed by atoms with van der Waals surface area (Å²) in [5.74, 6) is 0.0220. The Kier molecular flexibility index (Phi) is 7.64. The summed E-state index contributed by atoms with van der Waals surface area (Å²) < 4.78 is 20.8. The van der Waals surface area contributed by atoms with Crippen LogP contribution in [0.5, 0.6) is 11.5 Å². The maximum atomic E-state index is 12.2. The lowest BCUT2D eigenvalue weighted by Gasteiger charge is -2.28. The molecule has 8 nitrogen and oxygen atoms in total. The standard InChI is InChI=1S/C19H22N2O6/c1-14(19(23)21-8-11-25-12-9-21)27-18(22)6-4-15-3-5-16(26-10-7-20)17(13-15)24-2/h3-6,13-14H,8-12H2,1-2H3/b6-4+. The molecule has 1 saturated heterocycles. The third kappa shape index (κ3) is 6.01. The van der Waals surface area contributed by atoms with E-state index in [0.717, 1.165) is 0 Å². The average Bonchev–Trinajstić information content (AvgIpc) is 2.70. The molecule has 27 heavy (non-hydrogen) atoms. The van der Waals surface area contributed by atoms with Crippen LogP contribution in [0.2, 0.25) is 0 Å². The molecule has 0 spiro atoms. The SMILES string of the molecule is COc1cc(/C=C/C(=O)OC(C)C(=O)N2CCOCC2)ccc1OCC#N. The van der Waals surface area contributed by atoms with Crippen molar-refractivity contribution in [3.05, 3.63) is 29.8 Å². The highest BCUT2D eigenvalue weighted by Crippen LogP contribution is 2.28. The number of morpholine rings is 1. The molecule has 8 heteroatoms. The number of carbonyl (C=O) groups excluding carboxylic acids is 2. The third-order valence-corrected chi connectivity index (χ3v) is 3.86. The Morgan fingerprint density at radius 1 is 1.33 bits per heavy atom. The second-order valence-corrected chi connectivity index (χ2v) is 5.71. The van der Waals surface area contributed by atoms with E-state index in [9.17, 15) is 9.59 Å². The maximum Gasteiger partial charge on any atom is 0.331 e. The molecule has 1 aromatic rings. The summed E-state index contributed by atoms with van der Waals surface area (Å²) in [5, 5.41) is 8.57. The molecule has 1 amide bonds. The highest BCUT2D eigenvalue weighted by molar-refractivity contribution is 5.90. The zero-order valence-electron chi connectivity index (χ0n) is 15.3. The van der Waals surface area contributed by atoms with E-state index in [1.807, 2.05) is 6.07 Å². The van der Waals surface area contributed by atoms with Crippen LogP contribution in [-0.2, 0) is 19.1 Å². The van der Waals surface area contributed by atoms with Crippen molar-refractivity contribution in [2.45, 2.75) is 13.0 Å². The second kappa shape index (κ2) is 10.2. The van der Waals surface area contributed by atoms with Gasteiger partial charge in [0.2, 0.25) is 0 Å². The predicted octanol–water partition coefficient (Wildman–Crippen LogP) is 1.40. The lowest BCUT2D eigenvalue weighted by molar-refractivity contribution is -0.157. The number of hydrogen-bond donors (Lipinski definition) is 0. The van der Waals surface area contributed by atoms with Crippen molar-refractivity contribution in [2.24, 2.45) is 0 Å². The minimum absolute atomic E-state index is 0.0903. The van der Waals surface area contributed by atoms with Crippen LogP contribution in [-0.4, -0.2) is 62.9 Å². The summed E-state index contributed by atoms with van der Waals surface area (Å²) in [6.45, 7) is 3.43. The number of rotatable bonds is 7. The first-order valence-electron chi connectivity index (χ1n) is 8.48. The smallest absolute Gasteiger partial charge is 0.331 e. The maximum absolute atomic E-state index is 12.2. The van der Waals surface area contributed by atoms with Gasteiger partial charge in [-0.25, -0.2) is 4.79 Å². The zero-order valence-corrected chi connectivity index (χ0v) is 15.3. The van der Waals surface area contributed by atoms with E-state index < -0.39 is 12.1 Å². The summed E-state index contributed by atoms with van der Waals surface area (Å²) in [5.41, 5.74) is 0.681. The molecule has 0 radical (unpaired) electrons. The van der Waals surface area contributed by atoms with Gasteiger partial charge in [-0.05, 0) is 30.7 Å². The Hall–Kier alpha value is -3.05. The molecular formula is C19H22N2O6. The summed E-state index contributed by atoms with van der Waals surface area (Å²) in [7, 11) is 1.48. The number of nitriles is 1. The van der Waals surface area contributed by atoms with Gasteiger partial charge < -0.3 is 23.8 Å². The van der Waals surface area contributed by atoms with E-state index in [1.54, 1.807) is 36.1 Å². The fourth-order valence-electron chi connectivity index (χ4n) is 2.49. The van der Waals surface area contributed by atoms with E-state index in [0.29, 0.717) is 43.4 Å². The molecule has 1 aromatic carbocycles. The third-order valence-electron chi connectivity index (χ3n) is 3.86. The molecule has 1 aliphatic heterocycles. The van der Waals surface area contributed by atoms with Crippen LogP contribution in [0.25, 0.3) is 6.08 Å². The normalized spacial score (nSPS) is 15.1. The van der Waals surface area contributed by atoms with Crippen molar-refractivity contribution in [1.82, 2.24) is 4.90 Å². The molecule has 1 fully saturated rings. The lowest BCUT2D eigenvalue weighted by Crippen LogP contribution is -2.45. The molecule has 144 valence electrons. The Balaban J connectivity index is 1.93. The van der Waals surface area contributed by atoms with Crippen molar-refractivity contribution in [3.63, 3.8) is 0 Å². The van der Waals surface area contributed by atoms with E-state index in [2.05, 4.69) is 0 Å². The largest absolute Gasteiger partial charge is 0.493 e. The van der Waals surface area contributed by atoms with E-state index in [-0.39, 0.29) is 12.5 Å². The Bertz CT molecular complexity index is 734. The number of nitrogens with zero attached hydrogens (tertiary/aromatic N) is 2. The summed E-state index contributed by atoms with van der Waals surface area (Å²) in [4.78, 5) is 25.8. The van der Waals surface area contributed by atoms with Gasteiger partial charge in [-0.3, -0.25) is 4.79 Å². The minimum atomic E-state index is -0.864. The second-order valence-electron chi connectivity index (χ2n) is 5.71. The van der Waals surface area contributed by atoms with Gasteiger partial charge in [0.1, 0.15) is 6.07 Å². The summed E-state index contributed by atoms with van der Waals surface area (Å²) >= 11 is 0. The van der Waals surface area contributed by atoms with Crippen LogP contribution in [0, 0.1) is 11.3 Å². The first kappa shape index (κ1) is 20.3. The quantitative estimate of drug-likeness (QED) is 0.525. The van der Waals surface area contributed by atoms with E-state index >= 15 is 0 Å². The van der Waals surface area contributed by atoms with Crippen LogP contribution in [0.15, 0.2) is 24.3 Å². The van der Waals surface area contributed by atoms with Gasteiger partial charge in [0.25, 0.3) is 5.91 Å². The van der Waals surface area contributed by atoms with Crippen molar-refractivity contribution in [2.75, 3.05) is 40.0 Å². The molecule has 0 aromatic heterocycles. The van der Waals surface area contributed by atoms with Gasteiger partial charge in [-0.2, -0.15) is 5.26 Å².